The number of nitrogens with two attached hydrogens (primary N) is 1. The molecular formula is C14H29N2O7+. The number of carboxylic acid groups (broad SMARTS) is 2. The summed E-state index contributed by atoms with van der Waals surface area (Å²) in [7, 11) is 0. The molecule has 0 aromatic rings. The molecule has 0 aliphatic rings. The van der Waals surface area contributed by atoms with E-state index in [1.165, 1.54) is 0 Å². The minimum atomic E-state index is -1.26. The molecule has 7 N–H and O–H groups in total. The van der Waals surface area contributed by atoms with Gasteiger partial charge in [0.15, 0.2) is 0 Å². The number of ether oxygens (including phenoxy) is 3. The van der Waals surface area contributed by atoms with Crippen molar-refractivity contribution in [2.75, 3.05) is 52.7 Å². The molecule has 0 fully saturated rings. The van der Waals surface area contributed by atoms with Crippen LogP contribution in [0, 0.1) is 0 Å². The van der Waals surface area contributed by atoms with Gasteiger partial charge in [0.1, 0.15) is 0 Å². The number of rotatable bonds is 14. The molecule has 0 atom stereocenters. The van der Waals surface area contributed by atoms with Gasteiger partial charge in [-0.05, 0) is 13.0 Å². The minimum absolute atomic E-state index is 0.558. The summed E-state index contributed by atoms with van der Waals surface area (Å²) in [4.78, 5) is 19.1. The molecule has 0 aromatic heterocycles. The molecule has 9 heteroatoms. The molecule has 0 amide bonds. The van der Waals surface area contributed by atoms with Crippen LogP contribution in [-0.4, -0.2) is 74.9 Å². The summed E-state index contributed by atoms with van der Waals surface area (Å²) in [5.74, 6) is -2.51. The van der Waals surface area contributed by atoms with Gasteiger partial charge in [-0.25, -0.2) is 9.59 Å². The summed E-state index contributed by atoms with van der Waals surface area (Å²) >= 11 is 0. The zero-order valence-electron chi connectivity index (χ0n) is 13.4. The molecule has 0 saturated carbocycles. The molecule has 0 aliphatic heterocycles. The maximum absolute atomic E-state index is 9.55. The van der Waals surface area contributed by atoms with Crippen LogP contribution in [0.1, 0.15) is 12.8 Å². The first kappa shape index (κ1) is 23.7. The highest BCUT2D eigenvalue weighted by molar-refractivity contribution is 5.89. The van der Waals surface area contributed by atoms with Crippen LogP contribution in [0.4, 0.5) is 0 Å². The summed E-state index contributed by atoms with van der Waals surface area (Å²) in [5, 5.41) is 15.6. The van der Waals surface area contributed by atoms with Crippen molar-refractivity contribution in [3.05, 3.63) is 12.2 Å². The SMILES string of the molecule is NCCCOCCOCCOCCC[NH3+].O=C(O)/C=C\C(=O)O. The molecular weight excluding hydrogens is 308 g/mol. The third-order valence-corrected chi connectivity index (χ3v) is 2.14. The van der Waals surface area contributed by atoms with Gasteiger partial charge in [-0.2, -0.15) is 0 Å². The summed E-state index contributed by atoms with van der Waals surface area (Å²) in [6.45, 7) is 5.67. The molecule has 23 heavy (non-hydrogen) atoms. The highest BCUT2D eigenvalue weighted by atomic mass is 16.5. The van der Waals surface area contributed by atoms with Crippen molar-refractivity contribution in [2.45, 2.75) is 12.8 Å². The van der Waals surface area contributed by atoms with Gasteiger partial charge in [-0.3, -0.25) is 0 Å². The van der Waals surface area contributed by atoms with Gasteiger partial charge in [-0.15, -0.1) is 0 Å². The highest BCUT2D eigenvalue weighted by Gasteiger charge is 1.91. The van der Waals surface area contributed by atoms with E-state index in [0.717, 1.165) is 32.6 Å². The second kappa shape index (κ2) is 20.5. The maximum Gasteiger partial charge on any atom is 0.328 e. The Morgan fingerprint density at radius 2 is 1.22 bits per heavy atom. The molecule has 9 nitrogen and oxygen atoms in total. The van der Waals surface area contributed by atoms with Gasteiger partial charge in [0.2, 0.25) is 0 Å². The Morgan fingerprint density at radius 1 is 0.826 bits per heavy atom. The molecule has 0 spiro atoms. The minimum Gasteiger partial charge on any atom is -0.478 e. The average Bonchev–Trinajstić information content (AvgIpc) is 2.51. The standard InChI is InChI=1S/C10H24N2O3.C4H4O4/c11-3-1-5-13-7-9-15-10-8-14-6-2-4-12;5-3(6)1-2-4(7)8/h1-12H2;1-2H,(H,5,6)(H,7,8)/p+1/b;2-1-. The molecule has 0 heterocycles. The molecule has 0 aliphatic carbocycles. The fraction of sp³-hybridized carbons (Fsp3) is 0.714. The normalized spacial score (nSPS) is 10.3. The van der Waals surface area contributed by atoms with E-state index in [0.29, 0.717) is 45.1 Å². The van der Waals surface area contributed by atoms with Crippen molar-refractivity contribution < 1.29 is 39.7 Å². The van der Waals surface area contributed by atoms with Crippen LogP contribution in [-0.2, 0) is 23.8 Å². The number of hydrogen-bond acceptors (Lipinski definition) is 6. The highest BCUT2D eigenvalue weighted by Crippen LogP contribution is 1.84. The van der Waals surface area contributed by atoms with Crippen molar-refractivity contribution in [3.8, 4) is 0 Å². The van der Waals surface area contributed by atoms with Crippen LogP contribution in [0.15, 0.2) is 12.2 Å². The predicted octanol–water partition coefficient (Wildman–Crippen LogP) is -1.27. The molecule has 0 aromatic carbocycles. The smallest absolute Gasteiger partial charge is 0.328 e. The average molecular weight is 337 g/mol. The van der Waals surface area contributed by atoms with Crippen molar-refractivity contribution >= 4 is 11.9 Å². The third-order valence-electron chi connectivity index (χ3n) is 2.14. The van der Waals surface area contributed by atoms with Crippen LogP contribution < -0.4 is 11.5 Å². The van der Waals surface area contributed by atoms with Gasteiger partial charge in [0.05, 0.1) is 39.6 Å². The van der Waals surface area contributed by atoms with Crippen LogP contribution in [0.2, 0.25) is 0 Å². The van der Waals surface area contributed by atoms with Crippen LogP contribution in [0.3, 0.4) is 0 Å². The van der Waals surface area contributed by atoms with E-state index in [9.17, 15) is 9.59 Å². The first-order chi connectivity index (χ1) is 11.0. The van der Waals surface area contributed by atoms with E-state index in [1.807, 2.05) is 0 Å². The fourth-order valence-corrected chi connectivity index (χ4v) is 1.07. The van der Waals surface area contributed by atoms with Gasteiger partial charge in [0.25, 0.3) is 0 Å². The first-order valence-corrected chi connectivity index (χ1v) is 7.41. The Kier molecular flexibility index (Phi) is 21.1. The third kappa shape index (κ3) is 29.2. The molecule has 0 unspecified atom stereocenters. The Morgan fingerprint density at radius 3 is 1.57 bits per heavy atom. The lowest BCUT2D eigenvalue weighted by Crippen LogP contribution is -2.50. The topological polar surface area (TPSA) is 156 Å². The zero-order valence-corrected chi connectivity index (χ0v) is 13.4. The van der Waals surface area contributed by atoms with Crippen molar-refractivity contribution in [2.24, 2.45) is 5.73 Å². The molecule has 0 saturated heterocycles. The number of hydrogen-bond donors (Lipinski definition) is 4. The van der Waals surface area contributed by atoms with Gasteiger partial charge < -0.3 is 35.9 Å². The van der Waals surface area contributed by atoms with Gasteiger partial charge >= 0.3 is 11.9 Å². The van der Waals surface area contributed by atoms with E-state index in [2.05, 4.69) is 5.73 Å². The van der Waals surface area contributed by atoms with Crippen molar-refractivity contribution in [1.82, 2.24) is 0 Å². The van der Waals surface area contributed by atoms with E-state index < -0.39 is 11.9 Å². The monoisotopic (exact) mass is 337 g/mol. The lowest BCUT2D eigenvalue weighted by Gasteiger charge is -2.05. The predicted molar refractivity (Wildman–Crippen MR) is 82.9 cm³/mol. The van der Waals surface area contributed by atoms with E-state index >= 15 is 0 Å². The van der Waals surface area contributed by atoms with Gasteiger partial charge in [-0.1, -0.05) is 0 Å². The van der Waals surface area contributed by atoms with Crippen LogP contribution in [0.25, 0.3) is 0 Å². The van der Waals surface area contributed by atoms with Gasteiger partial charge in [0, 0.05) is 25.2 Å². The summed E-state index contributed by atoms with van der Waals surface area (Å²) in [6.07, 6.45) is 3.04. The maximum atomic E-state index is 9.55. The fourth-order valence-electron chi connectivity index (χ4n) is 1.07. The second-order valence-electron chi connectivity index (χ2n) is 4.20. The number of carboxylic acids is 2. The Labute approximate surface area is 136 Å². The Balaban J connectivity index is 0. The zero-order chi connectivity index (χ0) is 17.8. The second-order valence-corrected chi connectivity index (χ2v) is 4.20. The summed E-state index contributed by atoms with van der Waals surface area (Å²) in [5.41, 5.74) is 9.05. The Hall–Kier alpha value is -1.52. The van der Waals surface area contributed by atoms with Crippen LogP contribution >= 0.6 is 0 Å². The number of carbonyl (C=O) groups is 2. The van der Waals surface area contributed by atoms with E-state index in [1.54, 1.807) is 0 Å². The largest absolute Gasteiger partial charge is 0.478 e. The van der Waals surface area contributed by atoms with Crippen molar-refractivity contribution in [1.29, 1.82) is 0 Å². The lowest BCUT2D eigenvalue weighted by molar-refractivity contribution is -0.369. The van der Waals surface area contributed by atoms with E-state index in [4.69, 9.17) is 30.2 Å². The number of quaternary nitrogens is 1. The van der Waals surface area contributed by atoms with E-state index in [-0.39, 0.29) is 0 Å². The molecule has 136 valence electrons. The number of aliphatic carboxylic acids is 2. The summed E-state index contributed by atoms with van der Waals surface area (Å²) in [6, 6.07) is 0. The van der Waals surface area contributed by atoms with Crippen molar-refractivity contribution in [3.63, 3.8) is 0 Å². The first-order valence-electron chi connectivity index (χ1n) is 7.41. The molecule has 0 rings (SSSR count). The summed E-state index contributed by atoms with van der Waals surface area (Å²) < 4.78 is 15.9. The molecule has 0 bridgehead atoms. The lowest BCUT2D eigenvalue weighted by atomic mass is 10.5. The molecule has 0 radical (unpaired) electrons. The van der Waals surface area contributed by atoms with Crippen LogP contribution in [0.5, 0.6) is 0 Å². The Bertz CT molecular complexity index is 284. The quantitative estimate of drug-likeness (QED) is 0.226.